The van der Waals surface area contributed by atoms with Gasteiger partial charge in [0.15, 0.2) is 0 Å². The van der Waals surface area contributed by atoms with Crippen molar-refractivity contribution in [2.24, 2.45) is 0 Å². The normalized spacial score (nSPS) is 11.3. The van der Waals surface area contributed by atoms with Gasteiger partial charge in [-0.2, -0.15) is 0 Å². The average Bonchev–Trinajstić information content (AvgIpc) is 2.83. The molecule has 0 bridgehead atoms. The van der Waals surface area contributed by atoms with Crippen molar-refractivity contribution in [3.63, 3.8) is 0 Å². The van der Waals surface area contributed by atoms with Crippen molar-refractivity contribution >= 4 is 21.8 Å². The third-order valence-electron chi connectivity index (χ3n) is 3.99. The Balaban J connectivity index is 1.80. The predicted molar refractivity (Wildman–Crippen MR) is 87.5 cm³/mol. The number of pyridine rings is 1. The maximum absolute atomic E-state index is 4.78. The van der Waals surface area contributed by atoms with Crippen LogP contribution in [0.3, 0.4) is 0 Å². The Morgan fingerprint density at radius 3 is 2.52 bits per heavy atom. The van der Waals surface area contributed by atoms with E-state index in [-0.39, 0.29) is 0 Å². The summed E-state index contributed by atoms with van der Waals surface area (Å²) in [7, 11) is 0. The third kappa shape index (κ3) is 2.09. The first kappa shape index (κ1) is 12.2. The number of para-hydroxylation sites is 2. The summed E-state index contributed by atoms with van der Waals surface area (Å²) in [5.41, 5.74) is 4.69. The number of hydrogen-bond acceptors (Lipinski definition) is 1. The highest BCUT2D eigenvalue weighted by Crippen LogP contribution is 2.21. The van der Waals surface area contributed by atoms with E-state index in [1.165, 1.54) is 22.0 Å². The fourth-order valence-electron chi connectivity index (χ4n) is 2.92. The van der Waals surface area contributed by atoms with Crippen LogP contribution in [0.15, 0.2) is 66.7 Å². The van der Waals surface area contributed by atoms with E-state index in [0.717, 1.165) is 17.8 Å². The molecule has 0 amide bonds. The van der Waals surface area contributed by atoms with Gasteiger partial charge < -0.3 is 4.57 Å². The van der Waals surface area contributed by atoms with Gasteiger partial charge in [-0.3, -0.25) is 4.98 Å². The number of rotatable bonds is 2. The molecule has 0 aliphatic heterocycles. The second-order valence-electron chi connectivity index (χ2n) is 5.43. The summed E-state index contributed by atoms with van der Waals surface area (Å²) in [5, 5.41) is 2.48. The molecule has 21 heavy (non-hydrogen) atoms. The molecular weight excluding hydrogens is 256 g/mol. The molecule has 0 spiro atoms. The zero-order valence-electron chi connectivity index (χ0n) is 12.0. The second-order valence-corrected chi connectivity index (χ2v) is 5.43. The summed E-state index contributed by atoms with van der Waals surface area (Å²) >= 11 is 0. The van der Waals surface area contributed by atoms with Crippen LogP contribution < -0.4 is 0 Å². The second kappa shape index (κ2) is 4.74. The molecule has 0 atom stereocenters. The molecule has 2 nitrogen and oxygen atoms in total. The molecule has 2 aromatic carbocycles. The molecule has 0 saturated heterocycles. The monoisotopic (exact) mass is 272 g/mol. The number of nitrogens with zero attached hydrogens (tertiary/aromatic N) is 2. The van der Waals surface area contributed by atoms with Crippen LogP contribution >= 0.6 is 0 Å². The summed E-state index contributed by atoms with van der Waals surface area (Å²) in [6, 6.07) is 23.3. The smallest absolute Gasteiger partial charge is 0.0706 e. The Morgan fingerprint density at radius 1 is 0.857 bits per heavy atom. The lowest BCUT2D eigenvalue weighted by Gasteiger charge is -2.08. The lowest BCUT2D eigenvalue weighted by Crippen LogP contribution is -2.03. The van der Waals surface area contributed by atoms with Gasteiger partial charge in [0, 0.05) is 16.6 Å². The minimum absolute atomic E-state index is 0.810. The minimum atomic E-state index is 0.810. The van der Waals surface area contributed by atoms with Crippen molar-refractivity contribution in [1.29, 1.82) is 0 Å². The van der Waals surface area contributed by atoms with E-state index < -0.39 is 0 Å². The molecule has 0 aliphatic carbocycles. The van der Waals surface area contributed by atoms with Crippen LogP contribution in [0, 0.1) is 6.92 Å². The van der Waals surface area contributed by atoms with Crippen molar-refractivity contribution in [3.05, 3.63) is 78.1 Å². The number of benzene rings is 2. The van der Waals surface area contributed by atoms with Crippen molar-refractivity contribution in [3.8, 4) is 0 Å². The van der Waals surface area contributed by atoms with E-state index in [4.69, 9.17) is 4.98 Å². The Kier molecular flexibility index (Phi) is 2.74. The van der Waals surface area contributed by atoms with E-state index >= 15 is 0 Å². The molecule has 0 radical (unpaired) electrons. The van der Waals surface area contributed by atoms with Crippen LogP contribution in [-0.2, 0) is 6.54 Å². The van der Waals surface area contributed by atoms with Gasteiger partial charge in [-0.05, 0) is 36.6 Å². The van der Waals surface area contributed by atoms with Gasteiger partial charge in [-0.25, -0.2) is 0 Å². The summed E-state index contributed by atoms with van der Waals surface area (Å²) in [6.45, 7) is 2.96. The standard InChI is InChI=1S/C19H16N2/c1-14-12-16-7-3-5-9-19(16)21(14)13-17-11-10-15-6-2-4-8-18(15)20-17/h2-12H,13H2,1H3. The highest BCUT2D eigenvalue weighted by atomic mass is 15.0. The maximum atomic E-state index is 4.78. The van der Waals surface area contributed by atoms with Crippen LogP contribution in [0.1, 0.15) is 11.4 Å². The molecular formula is C19H16N2. The van der Waals surface area contributed by atoms with Crippen molar-refractivity contribution in [2.75, 3.05) is 0 Å². The minimum Gasteiger partial charge on any atom is -0.339 e. The largest absolute Gasteiger partial charge is 0.339 e. The molecule has 4 aromatic rings. The fraction of sp³-hybridized carbons (Fsp3) is 0.105. The molecule has 0 unspecified atom stereocenters. The van der Waals surface area contributed by atoms with Crippen LogP contribution in [0.4, 0.5) is 0 Å². The molecule has 0 aliphatic rings. The molecule has 2 heteroatoms. The zero-order chi connectivity index (χ0) is 14.2. The third-order valence-corrected chi connectivity index (χ3v) is 3.99. The van der Waals surface area contributed by atoms with Crippen LogP contribution in [0.5, 0.6) is 0 Å². The van der Waals surface area contributed by atoms with Gasteiger partial charge in [-0.1, -0.05) is 42.5 Å². The molecule has 4 rings (SSSR count). The first-order valence-corrected chi connectivity index (χ1v) is 7.21. The van der Waals surface area contributed by atoms with E-state index in [2.05, 4.69) is 66.1 Å². The predicted octanol–water partition coefficient (Wildman–Crippen LogP) is 4.55. The zero-order valence-corrected chi connectivity index (χ0v) is 12.0. The summed E-state index contributed by atoms with van der Waals surface area (Å²) in [5.74, 6) is 0. The highest BCUT2D eigenvalue weighted by molar-refractivity contribution is 5.81. The number of aromatic nitrogens is 2. The lowest BCUT2D eigenvalue weighted by molar-refractivity contribution is 0.784. The SMILES string of the molecule is Cc1cc2ccccc2n1Cc1ccc2ccccc2n1. The van der Waals surface area contributed by atoms with E-state index in [1.54, 1.807) is 0 Å². The Hall–Kier alpha value is -2.61. The van der Waals surface area contributed by atoms with Crippen molar-refractivity contribution in [1.82, 2.24) is 9.55 Å². The van der Waals surface area contributed by atoms with Gasteiger partial charge in [0.05, 0.1) is 17.8 Å². The number of hydrogen-bond donors (Lipinski definition) is 0. The van der Waals surface area contributed by atoms with E-state index in [0.29, 0.717) is 0 Å². The van der Waals surface area contributed by atoms with Crippen molar-refractivity contribution < 1.29 is 0 Å². The van der Waals surface area contributed by atoms with Gasteiger partial charge in [-0.15, -0.1) is 0 Å². The molecule has 0 N–H and O–H groups in total. The summed E-state index contributed by atoms with van der Waals surface area (Å²) < 4.78 is 2.33. The molecule has 2 heterocycles. The summed E-state index contributed by atoms with van der Waals surface area (Å²) in [6.07, 6.45) is 0. The number of aryl methyl sites for hydroxylation is 1. The van der Waals surface area contributed by atoms with Gasteiger partial charge >= 0.3 is 0 Å². The van der Waals surface area contributed by atoms with Gasteiger partial charge in [0.2, 0.25) is 0 Å². The average molecular weight is 272 g/mol. The molecule has 102 valence electrons. The molecule has 0 fully saturated rings. The Morgan fingerprint density at radius 2 is 1.62 bits per heavy atom. The first-order valence-electron chi connectivity index (χ1n) is 7.21. The Labute approximate surface area is 123 Å². The van der Waals surface area contributed by atoms with Crippen LogP contribution in [-0.4, -0.2) is 9.55 Å². The molecule has 0 saturated carbocycles. The Bertz CT molecular complexity index is 935. The number of fused-ring (bicyclic) bond motifs is 2. The first-order chi connectivity index (χ1) is 10.3. The maximum Gasteiger partial charge on any atom is 0.0706 e. The van der Waals surface area contributed by atoms with Crippen molar-refractivity contribution in [2.45, 2.75) is 13.5 Å². The highest BCUT2D eigenvalue weighted by Gasteiger charge is 2.06. The van der Waals surface area contributed by atoms with E-state index in [1.807, 2.05) is 12.1 Å². The quantitative estimate of drug-likeness (QED) is 0.523. The lowest BCUT2D eigenvalue weighted by atomic mass is 10.2. The van der Waals surface area contributed by atoms with Gasteiger partial charge in [0.1, 0.15) is 0 Å². The topological polar surface area (TPSA) is 17.8 Å². The van der Waals surface area contributed by atoms with E-state index in [9.17, 15) is 0 Å². The fourth-order valence-corrected chi connectivity index (χ4v) is 2.92. The van der Waals surface area contributed by atoms with Crippen LogP contribution in [0.2, 0.25) is 0 Å². The summed E-state index contributed by atoms with van der Waals surface area (Å²) in [4.78, 5) is 4.78. The molecule has 2 aromatic heterocycles. The van der Waals surface area contributed by atoms with Gasteiger partial charge in [0.25, 0.3) is 0 Å². The van der Waals surface area contributed by atoms with Crippen LogP contribution in [0.25, 0.3) is 21.8 Å².